The fourth-order valence-corrected chi connectivity index (χ4v) is 3.01. The monoisotopic (exact) mass is 369 g/mol. The summed E-state index contributed by atoms with van der Waals surface area (Å²) in [5.74, 6) is -0.0344. The highest BCUT2D eigenvalue weighted by atomic mass is 16.2. The summed E-state index contributed by atoms with van der Waals surface area (Å²) in [6.45, 7) is 6.19. The van der Waals surface area contributed by atoms with Crippen LogP contribution in [0.4, 0.5) is 0 Å². The number of imidazole rings is 1. The fourth-order valence-electron chi connectivity index (χ4n) is 3.01. The molecule has 3 rings (SSSR count). The highest BCUT2D eigenvalue weighted by molar-refractivity contribution is 5.94. The third kappa shape index (κ3) is 4.51. The molecule has 0 radical (unpaired) electrons. The Kier molecular flexibility index (Phi) is 6.18. The van der Waals surface area contributed by atoms with Crippen LogP contribution in [0.1, 0.15) is 42.9 Å². The minimum absolute atomic E-state index is 0.0344. The molecular formula is C19H27N7O. The standard InChI is InChI=1S/C19H27N7O/c1-4-5-9-24(3)19(27)18-16(26-10-7-6-8-17(26)23-18)11-21-15(2)12-25-14-20-13-22-25/h6-8,10,13-15,21H,4-5,9,11-12H2,1-3H3. The number of carbonyl (C=O) groups is 1. The molecule has 0 saturated carbocycles. The van der Waals surface area contributed by atoms with Crippen LogP contribution in [-0.4, -0.2) is 54.6 Å². The van der Waals surface area contributed by atoms with Gasteiger partial charge in [-0.05, 0) is 25.5 Å². The molecule has 3 aromatic heterocycles. The van der Waals surface area contributed by atoms with Gasteiger partial charge in [0, 0.05) is 32.4 Å². The van der Waals surface area contributed by atoms with Gasteiger partial charge >= 0.3 is 0 Å². The summed E-state index contributed by atoms with van der Waals surface area (Å²) in [4.78, 5) is 23.3. The first-order valence-electron chi connectivity index (χ1n) is 9.37. The summed E-state index contributed by atoms with van der Waals surface area (Å²) >= 11 is 0. The van der Waals surface area contributed by atoms with E-state index < -0.39 is 0 Å². The van der Waals surface area contributed by atoms with Gasteiger partial charge < -0.3 is 14.6 Å². The number of amides is 1. The average molecular weight is 369 g/mol. The van der Waals surface area contributed by atoms with Crippen LogP contribution in [0.15, 0.2) is 37.1 Å². The van der Waals surface area contributed by atoms with Crippen molar-refractivity contribution in [3.63, 3.8) is 0 Å². The number of unbranched alkanes of at least 4 members (excludes halogenated alkanes) is 1. The van der Waals surface area contributed by atoms with Crippen molar-refractivity contribution in [2.24, 2.45) is 0 Å². The second-order valence-electron chi connectivity index (χ2n) is 6.82. The molecule has 3 aromatic rings. The van der Waals surface area contributed by atoms with E-state index in [4.69, 9.17) is 0 Å². The Morgan fingerprint density at radius 3 is 2.96 bits per heavy atom. The van der Waals surface area contributed by atoms with Gasteiger partial charge in [0.25, 0.3) is 5.91 Å². The minimum atomic E-state index is -0.0344. The van der Waals surface area contributed by atoms with Crippen molar-refractivity contribution in [3.8, 4) is 0 Å². The Hall–Kier alpha value is -2.74. The van der Waals surface area contributed by atoms with Gasteiger partial charge in [-0.3, -0.25) is 9.48 Å². The smallest absolute Gasteiger partial charge is 0.274 e. The molecule has 0 aliphatic rings. The Morgan fingerprint density at radius 1 is 1.37 bits per heavy atom. The summed E-state index contributed by atoms with van der Waals surface area (Å²) in [6, 6.07) is 5.97. The molecule has 8 heteroatoms. The molecule has 0 aliphatic heterocycles. The highest BCUT2D eigenvalue weighted by Gasteiger charge is 2.22. The Morgan fingerprint density at radius 2 is 2.22 bits per heavy atom. The largest absolute Gasteiger partial charge is 0.340 e. The molecule has 27 heavy (non-hydrogen) atoms. The molecule has 1 N–H and O–H groups in total. The molecule has 144 valence electrons. The zero-order valence-corrected chi connectivity index (χ0v) is 16.2. The molecule has 1 amide bonds. The molecule has 1 atom stereocenters. The number of fused-ring (bicyclic) bond motifs is 1. The van der Waals surface area contributed by atoms with Gasteiger partial charge in [0.1, 0.15) is 18.3 Å². The number of pyridine rings is 1. The lowest BCUT2D eigenvalue weighted by Crippen LogP contribution is -2.33. The van der Waals surface area contributed by atoms with Crippen LogP contribution in [0.2, 0.25) is 0 Å². The lowest BCUT2D eigenvalue weighted by Gasteiger charge is -2.17. The third-order valence-electron chi connectivity index (χ3n) is 4.57. The Bertz CT molecular complexity index is 871. The van der Waals surface area contributed by atoms with Crippen molar-refractivity contribution in [2.45, 2.75) is 45.8 Å². The van der Waals surface area contributed by atoms with Gasteiger partial charge in [-0.15, -0.1) is 0 Å². The topological polar surface area (TPSA) is 80.4 Å². The van der Waals surface area contributed by atoms with Gasteiger partial charge in [-0.1, -0.05) is 19.4 Å². The molecule has 0 fully saturated rings. The predicted molar refractivity (Wildman–Crippen MR) is 103 cm³/mol. The van der Waals surface area contributed by atoms with Crippen LogP contribution < -0.4 is 5.32 Å². The molecule has 0 aliphatic carbocycles. The minimum Gasteiger partial charge on any atom is -0.340 e. The Labute approximate surface area is 159 Å². The van der Waals surface area contributed by atoms with Gasteiger partial charge in [-0.2, -0.15) is 5.10 Å². The second-order valence-corrected chi connectivity index (χ2v) is 6.82. The number of nitrogens with zero attached hydrogens (tertiary/aromatic N) is 6. The highest BCUT2D eigenvalue weighted by Crippen LogP contribution is 2.15. The molecule has 3 heterocycles. The van der Waals surface area contributed by atoms with Crippen molar-refractivity contribution in [1.29, 1.82) is 0 Å². The Balaban J connectivity index is 1.79. The second kappa shape index (κ2) is 8.77. The van der Waals surface area contributed by atoms with Crippen molar-refractivity contribution in [3.05, 3.63) is 48.4 Å². The maximum atomic E-state index is 12.9. The number of aromatic nitrogens is 5. The zero-order chi connectivity index (χ0) is 19.2. The molecule has 1 unspecified atom stereocenters. The number of carbonyl (C=O) groups excluding carboxylic acids is 1. The molecule has 8 nitrogen and oxygen atoms in total. The summed E-state index contributed by atoms with van der Waals surface area (Å²) in [7, 11) is 1.84. The maximum absolute atomic E-state index is 12.9. The van der Waals surface area contributed by atoms with Crippen molar-refractivity contribution < 1.29 is 4.79 Å². The van der Waals surface area contributed by atoms with E-state index >= 15 is 0 Å². The van der Waals surface area contributed by atoms with Crippen LogP contribution in [0.25, 0.3) is 5.65 Å². The van der Waals surface area contributed by atoms with E-state index in [1.54, 1.807) is 15.9 Å². The van der Waals surface area contributed by atoms with E-state index in [1.807, 2.05) is 35.8 Å². The van der Waals surface area contributed by atoms with E-state index in [0.29, 0.717) is 18.8 Å². The van der Waals surface area contributed by atoms with Crippen molar-refractivity contribution in [2.75, 3.05) is 13.6 Å². The number of rotatable bonds is 9. The quantitative estimate of drug-likeness (QED) is 0.624. The van der Waals surface area contributed by atoms with E-state index in [1.165, 1.54) is 6.33 Å². The summed E-state index contributed by atoms with van der Waals surface area (Å²) in [6.07, 6.45) is 7.21. The molecule has 0 spiro atoms. The van der Waals surface area contributed by atoms with Crippen LogP contribution in [-0.2, 0) is 13.1 Å². The van der Waals surface area contributed by atoms with E-state index in [-0.39, 0.29) is 11.9 Å². The van der Waals surface area contributed by atoms with Crippen LogP contribution in [0.5, 0.6) is 0 Å². The lowest BCUT2D eigenvalue weighted by atomic mass is 10.2. The molecule has 0 aromatic carbocycles. The van der Waals surface area contributed by atoms with Crippen LogP contribution in [0, 0.1) is 0 Å². The third-order valence-corrected chi connectivity index (χ3v) is 4.57. The number of hydrogen-bond donors (Lipinski definition) is 1. The van der Waals surface area contributed by atoms with Gasteiger partial charge in [0.05, 0.1) is 12.2 Å². The van der Waals surface area contributed by atoms with E-state index in [2.05, 4.69) is 34.2 Å². The summed E-state index contributed by atoms with van der Waals surface area (Å²) < 4.78 is 3.77. The van der Waals surface area contributed by atoms with Crippen LogP contribution in [0.3, 0.4) is 0 Å². The van der Waals surface area contributed by atoms with Gasteiger partial charge in [0.15, 0.2) is 5.69 Å². The first-order chi connectivity index (χ1) is 13.1. The van der Waals surface area contributed by atoms with Gasteiger partial charge in [0.2, 0.25) is 0 Å². The normalized spacial score (nSPS) is 12.4. The van der Waals surface area contributed by atoms with Crippen molar-refractivity contribution in [1.82, 2.24) is 34.4 Å². The lowest BCUT2D eigenvalue weighted by molar-refractivity contribution is 0.0786. The van der Waals surface area contributed by atoms with Crippen molar-refractivity contribution >= 4 is 11.6 Å². The number of hydrogen-bond acceptors (Lipinski definition) is 5. The number of nitrogens with one attached hydrogen (secondary N) is 1. The van der Waals surface area contributed by atoms with E-state index in [0.717, 1.165) is 30.7 Å². The molecular weight excluding hydrogens is 342 g/mol. The molecule has 0 saturated heterocycles. The SMILES string of the molecule is CCCCN(C)C(=O)c1nc2ccccn2c1CNC(C)Cn1cncn1. The predicted octanol–water partition coefficient (Wildman–Crippen LogP) is 1.98. The fraction of sp³-hybridized carbons (Fsp3) is 0.474. The molecule has 0 bridgehead atoms. The zero-order valence-electron chi connectivity index (χ0n) is 16.2. The maximum Gasteiger partial charge on any atom is 0.274 e. The average Bonchev–Trinajstić information content (AvgIpc) is 3.31. The summed E-state index contributed by atoms with van der Waals surface area (Å²) in [5.41, 5.74) is 2.18. The van der Waals surface area contributed by atoms with Gasteiger partial charge in [-0.25, -0.2) is 9.97 Å². The van der Waals surface area contributed by atoms with Crippen LogP contribution >= 0.6 is 0 Å². The summed E-state index contributed by atoms with van der Waals surface area (Å²) in [5, 5.41) is 7.61. The van der Waals surface area contributed by atoms with E-state index in [9.17, 15) is 4.79 Å². The first-order valence-corrected chi connectivity index (χ1v) is 9.37. The first kappa shape index (κ1) is 19.0.